The van der Waals surface area contributed by atoms with E-state index in [1.807, 2.05) is 6.92 Å². The van der Waals surface area contributed by atoms with E-state index in [0.29, 0.717) is 26.0 Å². The predicted molar refractivity (Wildman–Crippen MR) is 145 cm³/mol. The van der Waals surface area contributed by atoms with E-state index in [-0.39, 0.29) is 11.9 Å². The summed E-state index contributed by atoms with van der Waals surface area (Å²) in [7, 11) is 0. The Balaban J connectivity index is 1.15. The van der Waals surface area contributed by atoms with Crippen LogP contribution in [0.25, 0.3) is 11.1 Å². The van der Waals surface area contributed by atoms with Gasteiger partial charge >= 0.3 is 5.97 Å². The lowest BCUT2D eigenvalue weighted by Gasteiger charge is -2.10. The van der Waals surface area contributed by atoms with Crippen molar-refractivity contribution in [1.82, 2.24) is 5.32 Å². The van der Waals surface area contributed by atoms with Gasteiger partial charge in [0.2, 0.25) is 5.91 Å². The van der Waals surface area contributed by atoms with Gasteiger partial charge in [0.15, 0.2) is 0 Å². The molecule has 0 unspecified atom stereocenters. The van der Waals surface area contributed by atoms with Gasteiger partial charge in [-0.1, -0.05) is 79.6 Å². The number of carbonyl (C=O) groups is 2. The minimum atomic E-state index is -0.0844. The SMILES string of the molecule is CCOC(=O)CCCCCCc1ccc(CCNC(=O)Cc2cccc3c2Cc2ccccc2-3)cc1. The van der Waals surface area contributed by atoms with Gasteiger partial charge in [-0.3, -0.25) is 9.59 Å². The van der Waals surface area contributed by atoms with Gasteiger partial charge in [0, 0.05) is 13.0 Å². The van der Waals surface area contributed by atoms with Crippen LogP contribution < -0.4 is 5.32 Å². The standard InChI is InChI=1S/C32H37NO3/c1-2-36-32(35)15-6-4-3-5-10-24-16-18-25(19-17-24)20-21-33-31(34)23-27-12-9-14-29-28-13-8-7-11-26(28)22-30(27)29/h7-9,11-14,16-19H,2-6,10,15,20-23H2,1H3,(H,33,34). The maximum Gasteiger partial charge on any atom is 0.305 e. The molecule has 36 heavy (non-hydrogen) atoms. The number of rotatable bonds is 13. The molecule has 0 heterocycles. The fourth-order valence-corrected chi connectivity index (χ4v) is 5.03. The molecule has 1 aliphatic rings. The Kier molecular flexibility index (Phi) is 9.32. The Bertz CT molecular complexity index is 1170. The van der Waals surface area contributed by atoms with Gasteiger partial charge in [-0.2, -0.15) is 0 Å². The first-order valence-corrected chi connectivity index (χ1v) is 13.3. The third-order valence-electron chi connectivity index (χ3n) is 6.96. The van der Waals surface area contributed by atoms with Crippen LogP contribution in [0.1, 0.15) is 66.8 Å². The number of nitrogens with one attached hydrogen (secondary N) is 1. The Labute approximate surface area is 215 Å². The van der Waals surface area contributed by atoms with Crippen molar-refractivity contribution in [3.05, 3.63) is 94.5 Å². The lowest BCUT2D eigenvalue weighted by molar-refractivity contribution is -0.143. The van der Waals surface area contributed by atoms with Crippen molar-refractivity contribution in [3.8, 4) is 11.1 Å². The molecule has 0 atom stereocenters. The summed E-state index contributed by atoms with van der Waals surface area (Å²) in [6.45, 7) is 2.95. The molecule has 0 aliphatic heterocycles. The monoisotopic (exact) mass is 483 g/mol. The fraction of sp³-hybridized carbons (Fsp3) is 0.375. The van der Waals surface area contributed by atoms with Gasteiger partial charge in [0.25, 0.3) is 0 Å². The summed E-state index contributed by atoms with van der Waals surface area (Å²) in [6, 6.07) is 23.6. The van der Waals surface area contributed by atoms with E-state index < -0.39 is 0 Å². The van der Waals surface area contributed by atoms with Crippen molar-refractivity contribution in [2.45, 2.75) is 64.7 Å². The highest BCUT2D eigenvalue weighted by molar-refractivity contribution is 5.83. The predicted octanol–water partition coefficient (Wildman–Crippen LogP) is 6.22. The average molecular weight is 484 g/mol. The normalized spacial score (nSPS) is 11.6. The summed E-state index contributed by atoms with van der Waals surface area (Å²) in [6.07, 6.45) is 7.99. The number of hydrogen-bond donors (Lipinski definition) is 1. The molecule has 188 valence electrons. The summed E-state index contributed by atoms with van der Waals surface area (Å²) < 4.78 is 4.96. The second kappa shape index (κ2) is 13.1. The first-order valence-electron chi connectivity index (χ1n) is 13.3. The highest BCUT2D eigenvalue weighted by atomic mass is 16.5. The van der Waals surface area contributed by atoms with Gasteiger partial charge in [0.05, 0.1) is 13.0 Å². The smallest absolute Gasteiger partial charge is 0.305 e. The maximum absolute atomic E-state index is 12.7. The van der Waals surface area contributed by atoms with Crippen LogP contribution in [0.5, 0.6) is 0 Å². The molecule has 4 nitrogen and oxygen atoms in total. The molecule has 1 aliphatic carbocycles. The van der Waals surface area contributed by atoms with Crippen LogP contribution >= 0.6 is 0 Å². The molecule has 0 aromatic heterocycles. The van der Waals surface area contributed by atoms with Gasteiger partial charge in [0.1, 0.15) is 0 Å². The Morgan fingerprint density at radius 3 is 2.33 bits per heavy atom. The Morgan fingerprint density at radius 2 is 1.53 bits per heavy atom. The molecule has 0 saturated carbocycles. The minimum Gasteiger partial charge on any atom is -0.466 e. The Hall–Kier alpha value is -3.40. The van der Waals surface area contributed by atoms with E-state index in [1.54, 1.807) is 0 Å². The molecule has 4 heteroatoms. The van der Waals surface area contributed by atoms with Crippen LogP contribution in [-0.4, -0.2) is 25.0 Å². The number of esters is 1. The van der Waals surface area contributed by atoms with Crippen molar-refractivity contribution >= 4 is 11.9 Å². The van der Waals surface area contributed by atoms with Gasteiger partial charge in [-0.15, -0.1) is 0 Å². The van der Waals surface area contributed by atoms with Crippen molar-refractivity contribution < 1.29 is 14.3 Å². The second-order valence-electron chi connectivity index (χ2n) is 9.59. The first-order chi connectivity index (χ1) is 17.6. The van der Waals surface area contributed by atoms with Crippen LogP contribution in [0.3, 0.4) is 0 Å². The molecule has 0 spiro atoms. The van der Waals surface area contributed by atoms with Crippen molar-refractivity contribution in [3.63, 3.8) is 0 Å². The zero-order chi connectivity index (χ0) is 25.2. The molecule has 3 aromatic rings. The number of carbonyl (C=O) groups excluding carboxylic acids is 2. The topological polar surface area (TPSA) is 55.4 Å². The third-order valence-corrected chi connectivity index (χ3v) is 6.96. The number of benzene rings is 3. The summed E-state index contributed by atoms with van der Waals surface area (Å²) in [5, 5.41) is 3.10. The summed E-state index contributed by atoms with van der Waals surface area (Å²) >= 11 is 0. The average Bonchev–Trinajstić information content (AvgIpc) is 3.27. The number of aryl methyl sites for hydroxylation is 1. The highest BCUT2D eigenvalue weighted by Crippen LogP contribution is 2.38. The van der Waals surface area contributed by atoms with E-state index in [4.69, 9.17) is 4.74 Å². The van der Waals surface area contributed by atoms with E-state index in [2.05, 4.69) is 72.0 Å². The van der Waals surface area contributed by atoms with Crippen LogP contribution in [0.2, 0.25) is 0 Å². The maximum atomic E-state index is 12.7. The molecular weight excluding hydrogens is 446 g/mol. The molecular formula is C32H37NO3. The van der Waals surface area contributed by atoms with Gasteiger partial charge in [-0.25, -0.2) is 0 Å². The van der Waals surface area contributed by atoms with Crippen molar-refractivity contribution in [1.29, 1.82) is 0 Å². The van der Waals surface area contributed by atoms with E-state index in [0.717, 1.165) is 50.5 Å². The first kappa shape index (κ1) is 25.7. The van der Waals surface area contributed by atoms with Crippen LogP contribution in [0.15, 0.2) is 66.7 Å². The highest BCUT2D eigenvalue weighted by Gasteiger charge is 2.21. The Morgan fingerprint density at radius 1 is 0.806 bits per heavy atom. The zero-order valence-corrected chi connectivity index (χ0v) is 21.4. The molecule has 3 aromatic carbocycles. The van der Waals surface area contributed by atoms with E-state index in [9.17, 15) is 9.59 Å². The molecule has 1 amide bonds. The fourth-order valence-electron chi connectivity index (χ4n) is 5.03. The van der Waals surface area contributed by atoms with Crippen LogP contribution in [-0.2, 0) is 40.0 Å². The minimum absolute atomic E-state index is 0.0823. The molecule has 0 radical (unpaired) electrons. The third kappa shape index (κ3) is 7.07. The molecule has 1 N–H and O–H groups in total. The van der Waals surface area contributed by atoms with Crippen molar-refractivity contribution in [2.75, 3.05) is 13.2 Å². The van der Waals surface area contributed by atoms with Crippen molar-refractivity contribution in [2.24, 2.45) is 0 Å². The number of ether oxygens (including phenoxy) is 1. The summed E-state index contributed by atoms with van der Waals surface area (Å²) in [5.41, 5.74) is 8.92. The molecule has 0 fully saturated rings. The second-order valence-corrected chi connectivity index (χ2v) is 9.59. The van der Waals surface area contributed by atoms with Gasteiger partial charge in [-0.05, 0) is 78.0 Å². The van der Waals surface area contributed by atoms with Crippen LogP contribution in [0.4, 0.5) is 0 Å². The summed E-state index contributed by atoms with van der Waals surface area (Å²) in [5.74, 6) is -0.00207. The molecule has 0 bridgehead atoms. The number of unbranched alkanes of at least 4 members (excludes halogenated alkanes) is 3. The van der Waals surface area contributed by atoms with E-state index >= 15 is 0 Å². The number of fused-ring (bicyclic) bond motifs is 3. The lowest BCUT2D eigenvalue weighted by Crippen LogP contribution is -2.27. The number of hydrogen-bond acceptors (Lipinski definition) is 3. The summed E-state index contributed by atoms with van der Waals surface area (Å²) in [4.78, 5) is 24.0. The zero-order valence-electron chi connectivity index (χ0n) is 21.4. The number of amides is 1. The van der Waals surface area contributed by atoms with Crippen LogP contribution in [0, 0.1) is 0 Å². The lowest BCUT2D eigenvalue weighted by atomic mass is 9.99. The van der Waals surface area contributed by atoms with Gasteiger partial charge < -0.3 is 10.1 Å². The molecule has 0 saturated heterocycles. The largest absolute Gasteiger partial charge is 0.466 e. The quantitative estimate of drug-likeness (QED) is 0.182. The molecule has 4 rings (SSSR count). The van der Waals surface area contributed by atoms with E-state index in [1.165, 1.54) is 33.4 Å².